The van der Waals surface area contributed by atoms with Crippen LogP contribution in [0.15, 0.2) is 47.4 Å². The van der Waals surface area contributed by atoms with Gasteiger partial charge in [0.1, 0.15) is 11.6 Å². The van der Waals surface area contributed by atoms with Crippen molar-refractivity contribution in [1.29, 1.82) is 0 Å². The molecule has 1 aliphatic rings. The number of nitrogens with one attached hydrogen (secondary N) is 2. The molecule has 1 aliphatic heterocycles. The number of hydrazine groups is 1. The van der Waals surface area contributed by atoms with Crippen LogP contribution in [0.4, 0.5) is 4.39 Å². The lowest BCUT2D eigenvalue weighted by atomic mass is 10.1. The Morgan fingerprint density at radius 2 is 1.69 bits per heavy atom. The largest absolute Gasteiger partial charge is 0.481 e. The molecule has 10 heteroatoms. The van der Waals surface area contributed by atoms with Gasteiger partial charge in [0.15, 0.2) is 6.10 Å². The number of ether oxygens (including phenoxy) is 1. The summed E-state index contributed by atoms with van der Waals surface area (Å²) in [4.78, 5) is 24.8. The summed E-state index contributed by atoms with van der Waals surface area (Å²) < 4.78 is 45.8. The van der Waals surface area contributed by atoms with Crippen LogP contribution in [0.1, 0.15) is 42.1 Å². The van der Waals surface area contributed by atoms with Crippen molar-refractivity contribution in [3.63, 3.8) is 0 Å². The zero-order chi connectivity index (χ0) is 23.3. The summed E-state index contributed by atoms with van der Waals surface area (Å²) in [6, 6.07) is 9.55. The Labute approximate surface area is 186 Å². The van der Waals surface area contributed by atoms with E-state index in [1.165, 1.54) is 47.6 Å². The van der Waals surface area contributed by atoms with Crippen LogP contribution >= 0.6 is 0 Å². The number of piperidine rings is 1. The number of amides is 2. The second-order valence-corrected chi connectivity index (χ2v) is 9.51. The minimum Gasteiger partial charge on any atom is -0.481 e. The summed E-state index contributed by atoms with van der Waals surface area (Å²) in [5, 5.41) is 0. The lowest BCUT2D eigenvalue weighted by Crippen LogP contribution is -2.47. The predicted octanol–water partition coefficient (Wildman–Crippen LogP) is 2.54. The highest BCUT2D eigenvalue weighted by Crippen LogP contribution is 2.24. The maximum absolute atomic E-state index is 13.0. The van der Waals surface area contributed by atoms with E-state index in [1.54, 1.807) is 13.0 Å². The summed E-state index contributed by atoms with van der Waals surface area (Å²) >= 11 is 0. The van der Waals surface area contributed by atoms with Gasteiger partial charge < -0.3 is 4.74 Å². The fourth-order valence-electron chi connectivity index (χ4n) is 3.33. The molecule has 1 atom stereocenters. The minimum absolute atomic E-state index is 0.0754. The number of carbonyl (C=O) groups excluding carboxylic acids is 2. The standard InChI is InChI=1S/C22H26FN3O5S/c1-15-6-7-17(14-20(15)32(29,30)26-12-4-3-5-13-26)22(28)25-24-21(27)16(2)31-19-10-8-18(23)9-11-19/h6-11,14,16H,3-5,12-13H2,1-2H3,(H,24,27)(H,25,28). The van der Waals surface area contributed by atoms with E-state index >= 15 is 0 Å². The average molecular weight is 464 g/mol. The number of hydrogen-bond acceptors (Lipinski definition) is 5. The highest BCUT2D eigenvalue weighted by atomic mass is 32.2. The summed E-state index contributed by atoms with van der Waals surface area (Å²) in [6.07, 6.45) is 1.65. The first-order valence-electron chi connectivity index (χ1n) is 10.3. The molecule has 0 aliphatic carbocycles. The monoisotopic (exact) mass is 463 g/mol. The fourth-order valence-corrected chi connectivity index (χ4v) is 5.09. The molecule has 0 spiro atoms. The SMILES string of the molecule is Cc1ccc(C(=O)NNC(=O)C(C)Oc2ccc(F)cc2)cc1S(=O)(=O)N1CCCCC1. The second kappa shape index (κ2) is 10.1. The molecule has 8 nitrogen and oxygen atoms in total. The maximum atomic E-state index is 13.0. The lowest BCUT2D eigenvalue weighted by molar-refractivity contribution is -0.128. The van der Waals surface area contributed by atoms with E-state index in [1.807, 2.05) is 0 Å². The summed E-state index contributed by atoms with van der Waals surface area (Å²) in [6.45, 7) is 4.06. The summed E-state index contributed by atoms with van der Waals surface area (Å²) in [7, 11) is -3.71. The first-order valence-corrected chi connectivity index (χ1v) is 11.8. The van der Waals surface area contributed by atoms with Gasteiger partial charge in [-0.05, 0) is 68.7 Å². The summed E-state index contributed by atoms with van der Waals surface area (Å²) in [5.74, 6) is -1.42. The molecule has 1 fully saturated rings. The van der Waals surface area contributed by atoms with Crippen molar-refractivity contribution in [3.05, 3.63) is 59.4 Å². The van der Waals surface area contributed by atoms with Crippen LogP contribution in [0.5, 0.6) is 5.75 Å². The molecule has 172 valence electrons. The number of nitrogens with zero attached hydrogens (tertiary/aromatic N) is 1. The fraction of sp³-hybridized carbons (Fsp3) is 0.364. The van der Waals surface area contributed by atoms with Crippen molar-refractivity contribution >= 4 is 21.8 Å². The highest BCUT2D eigenvalue weighted by molar-refractivity contribution is 7.89. The Kier molecular flexibility index (Phi) is 7.47. The summed E-state index contributed by atoms with van der Waals surface area (Å²) in [5.41, 5.74) is 5.15. The van der Waals surface area contributed by atoms with Crippen molar-refractivity contribution < 1.29 is 27.1 Å². The van der Waals surface area contributed by atoms with Crippen LogP contribution in [0.2, 0.25) is 0 Å². The van der Waals surface area contributed by atoms with Gasteiger partial charge in [-0.2, -0.15) is 4.31 Å². The first kappa shape index (κ1) is 23.7. The van der Waals surface area contributed by atoms with Crippen molar-refractivity contribution in [2.75, 3.05) is 13.1 Å². The average Bonchev–Trinajstić information content (AvgIpc) is 2.79. The van der Waals surface area contributed by atoms with Gasteiger partial charge in [0.2, 0.25) is 10.0 Å². The zero-order valence-corrected chi connectivity index (χ0v) is 18.7. The third-order valence-corrected chi connectivity index (χ3v) is 7.22. The molecule has 2 N–H and O–H groups in total. The molecule has 1 heterocycles. The highest BCUT2D eigenvalue weighted by Gasteiger charge is 2.28. The molecular weight excluding hydrogens is 437 g/mol. The van der Waals surface area contributed by atoms with Gasteiger partial charge in [-0.15, -0.1) is 0 Å². The number of sulfonamides is 1. The Bertz CT molecular complexity index is 1080. The molecule has 2 aromatic carbocycles. The Balaban J connectivity index is 1.64. The number of halogens is 1. The van der Waals surface area contributed by atoms with E-state index in [2.05, 4.69) is 10.9 Å². The van der Waals surface area contributed by atoms with Crippen molar-refractivity contribution in [3.8, 4) is 5.75 Å². The van der Waals surface area contributed by atoms with Gasteiger partial charge in [0.25, 0.3) is 11.8 Å². The van der Waals surface area contributed by atoms with Gasteiger partial charge in [-0.25, -0.2) is 12.8 Å². The topological polar surface area (TPSA) is 105 Å². The lowest BCUT2D eigenvalue weighted by Gasteiger charge is -2.26. The smallest absolute Gasteiger partial charge is 0.279 e. The Morgan fingerprint density at radius 3 is 2.34 bits per heavy atom. The van der Waals surface area contributed by atoms with Crippen LogP contribution in [-0.4, -0.2) is 43.7 Å². The van der Waals surface area contributed by atoms with Crippen LogP contribution < -0.4 is 15.6 Å². The molecule has 3 rings (SSSR count). The van der Waals surface area contributed by atoms with E-state index in [4.69, 9.17) is 4.74 Å². The van der Waals surface area contributed by atoms with Gasteiger partial charge in [-0.3, -0.25) is 20.4 Å². The molecule has 0 aromatic heterocycles. The molecular formula is C22H26FN3O5S. The van der Waals surface area contributed by atoms with Gasteiger partial charge in [0.05, 0.1) is 4.90 Å². The molecule has 0 radical (unpaired) electrons. The molecule has 0 bridgehead atoms. The first-order chi connectivity index (χ1) is 15.2. The van der Waals surface area contributed by atoms with E-state index in [0.717, 1.165) is 19.3 Å². The van der Waals surface area contributed by atoms with Crippen molar-refractivity contribution in [2.24, 2.45) is 0 Å². The third-order valence-electron chi connectivity index (χ3n) is 5.18. The van der Waals surface area contributed by atoms with Gasteiger partial charge >= 0.3 is 0 Å². The molecule has 1 unspecified atom stereocenters. The van der Waals surface area contributed by atoms with Crippen LogP contribution in [0.3, 0.4) is 0 Å². The van der Waals surface area contributed by atoms with E-state index in [-0.39, 0.29) is 10.5 Å². The third kappa shape index (κ3) is 5.63. The van der Waals surface area contributed by atoms with Gasteiger partial charge in [0, 0.05) is 18.7 Å². The number of rotatable bonds is 6. The van der Waals surface area contributed by atoms with E-state index < -0.39 is 33.8 Å². The van der Waals surface area contributed by atoms with Crippen molar-refractivity contribution in [1.82, 2.24) is 15.2 Å². The van der Waals surface area contributed by atoms with Crippen LogP contribution in [0.25, 0.3) is 0 Å². The van der Waals surface area contributed by atoms with Crippen molar-refractivity contribution in [2.45, 2.75) is 44.1 Å². The molecule has 2 amide bonds. The molecule has 32 heavy (non-hydrogen) atoms. The second-order valence-electron chi connectivity index (χ2n) is 7.60. The van der Waals surface area contributed by atoms with Crippen LogP contribution in [0, 0.1) is 12.7 Å². The predicted molar refractivity (Wildman–Crippen MR) is 116 cm³/mol. The van der Waals surface area contributed by atoms with Gasteiger partial charge in [-0.1, -0.05) is 12.5 Å². The normalized spacial score (nSPS) is 15.6. The van der Waals surface area contributed by atoms with E-state index in [9.17, 15) is 22.4 Å². The maximum Gasteiger partial charge on any atom is 0.279 e. The molecule has 2 aromatic rings. The van der Waals surface area contributed by atoms with Crippen LogP contribution in [-0.2, 0) is 14.8 Å². The quantitative estimate of drug-likeness (QED) is 0.641. The Morgan fingerprint density at radius 1 is 1.03 bits per heavy atom. The number of hydrogen-bond donors (Lipinski definition) is 2. The zero-order valence-electron chi connectivity index (χ0n) is 17.9. The molecule has 0 saturated carbocycles. The van der Waals surface area contributed by atoms with E-state index in [0.29, 0.717) is 24.4 Å². The number of carbonyl (C=O) groups is 2. The molecule has 1 saturated heterocycles. The Hall–Kier alpha value is -2.98. The number of benzene rings is 2. The number of aryl methyl sites for hydroxylation is 1. The minimum atomic E-state index is -3.71.